The monoisotopic (exact) mass is 276 g/mol. The van der Waals surface area contributed by atoms with Crippen LogP contribution in [-0.4, -0.2) is 9.97 Å². The fourth-order valence-electron chi connectivity index (χ4n) is 2.75. The summed E-state index contributed by atoms with van der Waals surface area (Å²) in [7, 11) is 0. The highest BCUT2D eigenvalue weighted by Crippen LogP contribution is 2.30. The van der Waals surface area contributed by atoms with Gasteiger partial charge in [0, 0.05) is 28.1 Å². The maximum Gasteiger partial charge on any atom is 0.128 e. The number of aryl methyl sites for hydroxylation is 1. The lowest BCUT2D eigenvalue weighted by Gasteiger charge is -2.03. The molecule has 0 fully saturated rings. The van der Waals surface area contributed by atoms with Gasteiger partial charge < -0.3 is 4.98 Å². The normalized spacial score (nSPS) is 11.3. The van der Waals surface area contributed by atoms with E-state index in [9.17, 15) is 4.39 Å². The van der Waals surface area contributed by atoms with Crippen molar-refractivity contribution in [3.8, 4) is 11.3 Å². The van der Waals surface area contributed by atoms with Crippen molar-refractivity contribution in [1.82, 2.24) is 9.97 Å². The van der Waals surface area contributed by atoms with Gasteiger partial charge in [-0.05, 0) is 31.2 Å². The average molecular weight is 276 g/mol. The molecular weight excluding hydrogens is 263 g/mol. The minimum absolute atomic E-state index is 0.192. The Morgan fingerprint density at radius 3 is 2.76 bits per heavy atom. The first kappa shape index (κ1) is 12.1. The minimum Gasteiger partial charge on any atom is -0.360 e. The fraction of sp³-hybridized carbons (Fsp3) is 0.0556. The van der Waals surface area contributed by atoms with E-state index in [1.54, 1.807) is 13.0 Å². The van der Waals surface area contributed by atoms with E-state index in [1.165, 1.54) is 6.07 Å². The number of hydrogen-bond donors (Lipinski definition) is 1. The van der Waals surface area contributed by atoms with Crippen molar-refractivity contribution < 1.29 is 4.39 Å². The molecule has 0 aliphatic heterocycles. The van der Waals surface area contributed by atoms with Crippen molar-refractivity contribution in [2.75, 3.05) is 0 Å². The first-order valence-electron chi connectivity index (χ1n) is 6.86. The van der Waals surface area contributed by atoms with Gasteiger partial charge in [-0.1, -0.05) is 24.3 Å². The molecule has 2 aromatic carbocycles. The molecule has 0 amide bonds. The summed E-state index contributed by atoms with van der Waals surface area (Å²) in [5.74, 6) is -0.192. The van der Waals surface area contributed by atoms with Crippen LogP contribution < -0.4 is 0 Å². The molecule has 1 N–H and O–H groups in total. The predicted molar refractivity (Wildman–Crippen MR) is 83.7 cm³/mol. The molecule has 0 aliphatic rings. The molecule has 21 heavy (non-hydrogen) atoms. The van der Waals surface area contributed by atoms with Crippen LogP contribution in [0.3, 0.4) is 0 Å². The summed E-state index contributed by atoms with van der Waals surface area (Å²) in [6.45, 7) is 1.78. The molecule has 4 rings (SSSR count). The molecule has 2 heterocycles. The first-order valence-corrected chi connectivity index (χ1v) is 6.86. The zero-order valence-electron chi connectivity index (χ0n) is 11.5. The molecule has 2 aromatic heterocycles. The number of aromatic nitrogens is 2. The smallest absolute Gasteiger partial charge is 0.128 e. The van der Waals surface area contributed by atoms with Crippen molar-refractivity contribution in [2.45, 2.75) is 6.92 Å². The first-order chi connectivity index (χ1) is 10.2. The minimum atomic E-state index is -0.192. The standard InChI is InChI=1S/C18H13FN2/c1-11-15(19)8-7-13-14(10-20-18(11)13)17-9-6-12-4-2-3-5-16(12)21-17/h2-10,20H,1H3. The van der Waals surface area contributed by atoms with E-state index in [-0.39, 0.29) is 5.82 Å². The highest BCUT2D eigenvalue weighted by Gasteiger charge is 2.11. The van der Waals surface area contributed by atoms with Crippen LogP contribution in [0.1, 0.15) is 5.56 Å². The molecule has 0 atom stereocenters. The number of fused-ring (bicyclic) bond motifs is 2. The van der Waals surface area contributed by atoms with E-state index in [2.05, 4.69) is 11.1 Å². The maximum atomic E-state index is 13.6. The van der Waals surface area contributed by atoms with E-state index in [0.717, 1.165) is 33.1 Å². The Kier molecular flexibility index (Phi) is 2.54. The number of halogens is 1. The van der Waals surface area contributed by atoms with Crippen molar-refractivity contribution in [1.29, 1.82) is 0 Å². The van der Waals surface area contributed by atoms with E-state index in [0.29, 0.717) is 5.56 Å². The van der Waals surface area contributed by atoms with Crippen LogP contribution in [0.5, 0.6) is 0 Å². The summed E-state index contributed by atoms with van der Waals surface area (Å²) < 4.78 is 13.6. The number of H-pyrrole nitrogens is 1. The quantitative estimate of drug-likeness (QED) is 0.530. The second-order valence-corrected chi connectivity index (χ2v) is 5.19. The third-order valence-corrected chi connectivity index (χ3v) is 3.92. The lowest BCUT2D eigenvalue weighted by atomic mass is 10.1. The number of rotatable bonds is 1. The highest BCUT2D eigenvalue weighted by molar-refractivity contribution is 5.97. The molecular formula is C18H13FN2. The lowest BCUT2D eigenvalue weighted by molar-refractivity contribution is 0.620. The van der Waals surface area contributed by atoms with Gasteiger partial charge in [0.15, 0.2) is 0 Å². The third kappa shape index (κ3) is 1.82. The molecule has 0 bridgehead atoms. The van der Waals surface area contributed by atoms with Crippen molar-refractivity contribution >= 4 is 21.8 Å². The second kappa shape index (κ2) is 4.42. The maximum absolute atomic E-state index is 13.6. The zero-order chi connectivity index (χ0) is 14.4. The number of nitrogens with one attached hydrogen (secondary N) is 1. The van der Waals surface area contributed by atoms with Crippen LogP contribution in [0, 0.1) is 12.7 Å². The van der Waals surface area contributed by atoms with Gasteiger partial charge in [-0.15, -0.1) is 0 Å². The number of para-hydroxylation sites is 1. The summed E-state index contributed by atoms with van der Waals surface area (Å²) in [5, 5.41) is 2.11. The average Bonchev–Trinajstić information content (AvgIpc) is 2.95. The number of benzene rings is 2. The molecule has 0 radical (unpaired) electrons. The predicted octanol–water partition coefficient (Wildman–Crippen LogP) is 4.83. The number of pyridine rings is 1. The van der Waals surface area contributed by atoms with Gasteiger partial charge in [-0.25, -0.2) is 9.37 Å². The van der Waals surface area contributed by atoms with Crippen LogP contribution >= 0.6 is 0 Å². The summed E-state index contributed by atoms with van der Waals surface area (Å²) in [5.41, 5.74) is 4.33. The Morgan fingerprint density at radius 1 is 1.00 bits per heavy atom. The highest BCUT2D eigenvalue weighted by atomic mass is 19.1. The second-order valence-electron chi connectivity index (χ2n) is 5.19. The van der Waals surface area contributed by atoms with Crippen LogP contribution in [-0.2, 0) is 0 Å². The Hall–Kier alpha value is -2.68. The van der Waals surface area contributed by atoms with Gasteiger partial charge in [0.1, 0.15) is 5.82 Å². The van der Waals surface area contributed by atoms with Crippen LogP contribution in [0.25, 0.3) is 33.1 Å². The van der Waals surface area contributed by atoms with Gasteiger partial charge in [0.2, 0.25) is 0 Å². The van der Waals surface area contributed by atoms with E-state index in [1.807, 2.05) is 36.5 Å². The summed E-state index contributed by atoms with van der Waals surface area (Å²) >= 11 is 0. The lowest BCUT2D eigenvalue weighted by Crippen LogP contribution is -1.85. The molecule has 0 spiro atoms. The van der Waals surface area contributed by atoms with Gasteiger partial charge in [0.25, 0.3) is 0 Å². The Bertz CT molecular complexity index is 969. The number of nitrogens with zero attached hydrogens (tertiary/aromatic N) is 1. The third-order valence-electron chi connectivity index (χ3n) is 3.92. The molecule has 102 valence electrons. The SMILES string of the molecule is Cc1c(F)ccc2c(-c3ccc4ccccc4n3)c[nH]c12. The van der Waals surface area contributed by atoms with Crippen LogP contribution in [0.15, 0.2) is 54.7 Å². The molecule has 2 nitrogen and oxygen atoms in total. The van der Waals surface area contributed by atoms with E-state index >= 15 is 0 Å². The molecule has 0 unspecified atom stereocenters. The van der Waals surface area contributed by atoms with Gasteiger partial charge in [0.05, 0.1) is 16.7 Å². The number of aromatic amines is 1. The summed E-state index contributed by atoms with van der Waals surface area (Å²) in [4.78, 5) is 7.87. The Balaban J connectivity index is 1.98. The molecule has 0 aliphatic carbocycles. The van der Waals surface area contributed by atoms with Gasteiger partial charge >= 0.3 is 0 Å². The van der Waals surface area contributed by atoms with E-state index < -0.39 is 0 Å². The number of hydrogen-bond acceptors (Lipinski definition) is 1. The fourth-order valence-corrected chi connectivity index (χ4v) is 2.75. The Labute approximate surface area is 121 Å². The zero-order valence-corrected chi connectivity index (χ0v) is 11.5. The Morgan fingerprint density at radius 2 is 1.86 bits per heavy atom. The van der Waals surface area contributed by atoms with Gasteiger partial charge in [-0.2, -0.15) is 0 Å². The molecule has 0 saturated carbocycles. The molecule has 4 aromatic rings. The van der Waals surface area contributed by atoms with Gasteiger partial charge in [-0.3, -0.25) is 0 Å². The van der Waals surface area contributed by atoms with Crippen molar-refractivity contribution in [3.05, 3.63) is 66.1 Å². The summed E-state index contributed by atoms with van der Waals surface area (Å²) in [6, 6.07) is 15.4. The van der Waals surface area contributed by atoms with E-state index in [4.69, 9.17) is 4.98 Å². The van der Waals surface area contributed by atoms with Crippen LogP contribution in [0.2, 0.25) is 0 Å². The van der Waals surface area contributed by atoms with Crippen molar-refractivity contribution in [2.24, 2.45) is 0 Å². The molecule has 0 saturated heterocycles. The summed E-state index contributed by atoms with van der Waals surface area (Å²) in [6.07, 6.45) is 1.90. The topological polar surface area (TPSA) is 28.7 Å². The largest absolute Gasteiger partial charge is 0.360 e. The van der Waals surface area contributed by atoms with Crippen LogP contribution in [0.4, 0.5) is 4.39 Å². The molecule has 3 heteroatoms. The van der Waals surface area contributed by atoms with Crippen molar-refractivity contribution in [3.63, 3.8) is 0 Å².